The van der Waals surface area contributed by atoms with E-state index in [0.717, 1.165) is 6.54 Å². The number of hydrogen-bond acceptors (Lipinski definition) is 4. The van der Waals surface area contributed by atoms with Crippen LogP contribution < -0.4 is 11.1 Å². The van der Waals surface area contributed by atoms with Crippen molar-refractivity contribution in [2.75, 3.05) is 11.1 Å². The maximum absolute atomic E-state index is 12.2. The number of aromatic nitrogens is 3. The van der Waals surface area contributed by atoms with Crippen molar-refractivity contribution in [2.45, 2.75) is 38.6 Å². The van der Waals surface area contributed by atoms with Gasteiger partial charge in [-0.05, 0) is 30.9 Å². The Morgan fingerprint density at radius 2 is 2.05 bits per heavy atom. The van der Waals surface area contributed by atoms with E-state index in [2.05, 4.69) is 15.6 Å². The van der Waals surface area contributed by atoms with Gasteiger partial charge in [0.15, 0.2) is 5.69 Å². The van der Waals surface area contributed by atoms with Gasteiger partial charge in [-0.15, -0.1) is 5.10 Å². The van der Waals surface area contributed by atoms with E-state index in [1.54, 1.807) is 23.0 Å². The molecule has 1 aliphatic rings. The van der Waals surface area contributed by atoms with E-state index >= 15 is 0 Å². The van der Waals surface area contributed by atoms with E-state index in [-0.39, 0.29) is 5.91 Å². The number of rotatable bonds is 4. The zero-order chi connectivity index (χ0) is 15.4. The first-order valence-corrected chi connectivity index (χ1v) is 7.78. The highest BCUT2D eigenvalue weighted by molar-refractivity contribution is 6.04. The summed E-state index contributed by atoms with van der Waals surface area (Å²) in [5, 5.41) is 10.8. The van der Waals surface area contributed by atoms with Crippen molar-refractivity contribution in [3.8, 4) is 0 Å². The van der Waals surface area contributed by atoms with Gasteiger partial charge in [-0.1, -0.05) is 36.6 Å². The standard InChI is InChI=1S/C16H21N5O/c17-13-8-4-5-9-14(13)18-16(22)15-11-21(20-19-15)10-12-6-2-1-3-7-12/h4-5,8-9,11-12H,1-3,6-7,10,17H2,(H,18,22). The van der Waals surface area contributed by atoms with Crippen LogP contribution in [0.3, 0.4) is 0 Å². The molecule has 0 spiro atoms. The van der Waals surface area contributed by atoms with Crippen LogP contribution in [0.1, 0.15) is 42.6 Å². The number of anilines is 2. The van der Waals surface area contributed by atoms with Gasteiger partial charge in [-0.3, -0.25) is 9.48 Å². The maximum Gasteiger partial charge on any atom is 0.277 e. The number of hydrogen-bond donors (Lipinski definition) is 2. The van der Waals surface area contributed by atoms with Gasteiger partial charge >= 0.3 is 0 Å². The number of nitrogen functional groups attached to an aromatic ring is 1. The minimum Gasteiger partial charge on any atom is -0.397 e. The molecule has 0 bridgehead atoms. The first kappa shape index (κ1) is 14.6. The molecule has 0 saturated heterocycles. The molecule has 1 aromatic carbocycles. The number of carbonyl (C=O) groups excluding carboxylic acids is 1. The highest BCUT2D eigenvalue weighted by Gasteiger charge is 2.17. The third kappa shape index (κ3) is 3.44. The minimum absolute atomic E-state index is 0.284. The van der Waals surface area contributed by atoms with Crippen molar-refractivity contribution < 1.29 is 4.79 Å². The van der Waals surface area contributed by atoms with Crippen LogP contribution in [-0.4, -0.2) is 20.9 Å². The lowest BCUT2D eigenvalue weighted by Gasteiger charge is -2.20. The molecule has 3 N–H and O–H groups in total. The Kier molecular flexibility index (Phi) is 4.37. The first-order valence-electron chi connectivity index (χ1n) is 7.78. The SMILES string of the molecule is Nc1ccccc1NC(=O)c1cn(CC2CCCCC2)nn1. The Balaban J connectivity index is 1.63. The normalized spacial score (nSPS) is 15.6. The number of nitrogens with one attached hydrogen (secondary N) is 1. The van der Waals surface area contributed by atoms with Crippen LogP contribution in [-0.2, 0) is 6.54 Å². The molecular formula is C16H21N5O. The van der Waals surface area contributed by atoms with E-state index in [9.17, 15) is 4.79 Å². The molecule has 1 fully saturated rings. The first-order chi connectivity index (χ1) is 10.7. The van der Waals surface area contributed by atoms with Gasteiger partial charge in [-0.25, -0.2) is 0 Å². The lowest BCUT2D eigenvalue weighted by atomic mass is 9.89. The molecular weight excluding hydrogens is 278 g/mol. The fourth-order valence-corrected chi connectivity index (χ4v) is 2.92. The fraction of sp³-hybridized carbons (Fsp3) is 0.438. The summed E-state index contributed by atoms with van der Waals surface area (Å²) in [6.45, 7) is 0.841. The summed E-state index contributed by atoms with van der Waals surface area (Å²) in [5.74, 6) is 0.365. The second-order valence-corrected chi connectivity index (χ2v) is 5.87. The number of nitrogens with zero attached hydrogens (tertiary/aromatic N) is 3. The molecule has 6 heteroatoms. The zero-order valence-corrected chi connectivity index (χ0v) is 12.5. The molecule has 3 rings (SSSR count). The predicted molar refractivity (Wildman–Crippen MR) is 85.4 cm³/mol. The monoisotopic (exact) mass is 299 g/mol. The lowest BCUT2D eigenvalue weighted by Crippen LogP contribution is -2.15. The molecule has 2 aromatic rings. The Morgan fingerprint density at radius 1 is 1.27 bits per heavy atom. The van der Waals surface area contributed by atoms with Crippen LogP contribution in [0, 0.1) is 5.92 Å². The maximum atomic E-state index is 12.2. The van der Waals surface area contributed by atoms with Crippen molar-refractivity contribution in [3.05, 3.63) is 36.2 Å². The van der Waals surface area contributed by atoms with E-state index in [1.807, 2.05) is 12.1 Å². The average molecular weight is 299 g/mol. The largest absolute Gasteiger partial charge is 0.397 e. The zero-order valence-electron chi connectivity index (χ0n) is 12.5. The van der Waals surface area contributed by atoms with Crippen LogP contribution in [0.25, 0.3) is 0 Å². The number of amides is 1. The molecule has 6 nitrogen and oxygen atoms in total. The molecule has 1 heterocycles. The van der Waals surface area contributed by atoms with Crippen LogP contribution in [0.5, 0.6) is 0 Å². The number of nitrogens with two attached hydrogens (primary N) is 1. The van der Waals surface area contributed by atoms with Crippen molar-refractivity contribution in [1.29, 1.82) is 0 Å². The highest BCUT2D eigenvalue weighted by Crippen LogP contribution is 2.24. The topological polar surface area (TPSA) is 85.8 Å². The molecule has 1 saturated carbocycles. The molecule has 0 unspecified atom stereocenters. The minimum atomic E-state index is -0.284. The van der Waals surface area contributed by atoms with Crippen LogP contribution in [0.15, 0.2) is 30.5 Å². The second-order valence-electron chi connectivity index (χ2n) is 5.87. The third-order valence-electron chi connectivity index (χ3n) is 4.15. The lowest BCUT2D eigenvalue weighted by molar-refractivity contribution is 0.102. The van der Waals surface area contributed by atoms with Crippen molar-refractivity contribution in [1.82, 2.24) is 15.0 Å². The van der Waals surface area contributed by atoms with Gasteiger partial charge in [0.2, 0.25) is 0 Å². The second kappa shape index (κ2) is 6.60. The molecule has 116 valence electrons. The molecule has 1 aromatic heterocycles. The summed E-state index contributed by atoms with van der Waals surface area (Å²) in [5.41, 5.74) is 7.26. The van der Waals surface area contributed by atoms with E-state index < -0.39 is 0 Å². The van der Waals surface area contributed by atoms with Crippen LogP contribution in [0.2, 0.25) is 0 Å². The molecule has 0 aliphatic heterocycles. The van der Waals surface area contributed by atoms with Gasteiger partial charge in [-0.2, -0.15) is 0 Å². The van der Waals surface area contributed by atoms with Crippen molar-refractivity contribution >= 4 is 17.3 Å². The summed E-state index contributed by atoms with van der Waals surface area (Å²) in [4.78, 5) is 12.2. The Bertz CT molecular complexity index is 645. The van der Waals surface area contributed by atoms with Crippen molar-refractivity contribution in [2.24, 2.45) is 5.92 Å². The molecule has 1 aliphatic carbocycles. The van der Waals surface area contributed by atoms with Gasteiger partial charge in [0.1, 0.15) is 0 Å². The smallest absolute Gasteiger partial charge is 0.277 e. The summed E-state index contributed by atoms with van der Waals surface area (Å²) >= 11 is 0. The molecule has 0 atom stereocenters. The van der Waals surface area contributed by atoms with Crippen molar-refractivity contribution in [3.63, 3.8) is 0 Å². The summed E-state index contributed by atoms with van der Waals surface area (Å²) < 4.78 is 1.78. The highest BCUT2D eigenvalue weighted by atomic mass is 16.2. The number of carbonyl (C=O) groups is 1. The Morgan fingerprint density at radius 3 is 2.82 bits per heavy atom. The molecule has 1 amide bonds. The molecule has 0 radical (unpaired) electrons. The quantitative estimate of drug-likeness (QED) is 0.850. The van der Waals surface area contributed by atoms with E-state index in [1.165, 1.54) is 32.1 Å². The van der Waals surface area contributed by atoms with Crippen LogP contribution >= 0.6 is 0 Å². The number of para-hydroxylation sites is 2. The summed E-state index contributed by atoms with van der Waals surface area (Å²) in [6.07, 6.45) is 8.10. The number of benzene rings is 1. The fourth-order valence-electron chi connectivity index (χ4n) is 2.92. The van der Waals surface area contributed by atoms with Crippen LogP contribution in [0.4, 0.5) is 11.4 Å². The average Bonchev–Trinajstić information content (AvgIpc) is 2.99. The summed E-state index contributed by atoms with van der Waals surface area (Å²) in [6, 6.07) is 7.16. The van der Waals surface area contributed by atoms with Gasteiger partial charge in [0.05, 0.1) is 17.6 Å². The molecule has 22 heavy (non-hydrogen) atoms. The predicted octanol–water partition coefficient (Wildman–Crippen LogP) is 2.69. The van der Waals surface area contributed by atoms with Gasteiger partial charge in [0.25, 0.3) is 5.91 Å². The Labute approximate surface area is 129 Å². The van der Waals surface area contributed by atoms with Gasteiger partial charge < -0.3 is 11.1 Å². The summed E-state index contributed by atoms with van der Waals surface area (Å²) in [7, 11) is 0. The van der Waals surface area contributed by atoms with Gasteiger partial charge in [0, 0.05) is 6.54 Å². The Hall–Kier alpha value is -2.37. The third-order valence-corrected chi connectivity index (χ3v) is 4.15. The van der Waals surface area contributed by atoms with E-state index in [4.69, 9.17) is 5.73 Å². The van der Waals surface area contributed by atoms with E-state index in [0.29, 0.717) is 23.0 Å².